The van der Waals surface area contributed by atoms with Crippen molar-refractivity contribution in [3.63, 3.8) is 0 Å². The molecule has 0 heterocycles. The van der Waals surface area contributed by atoms with E-state index in [1.54, 1.807) is 3.32 Å². The first-order valence-electron chi connectivity index (χ1n) is 18.2. The van der Waals surface area contributed by atoms with Gasteiger partial charge in [-0.2, -0.15) is 0 Å². The zero-order chi connectivity index (χ0) is 35.1. The molecule has 0 aromatic heterocycles. The second-order valence-electron chi connectivity index (χ2n) is 20.4. The molecule has 0 fully saturated rings. The van der Waals surface area contributed by atoms with Crippen LogP contribution < -0.4 is 13.7 Å². The number of fused-ring (bicyclic) bond motifs is 2. The third-order valence-corrected chi connectivity index (χ3v) is 64.1. The van der Waals surface area contributed by atoms with Crippen molar-refractivity contribution in [1.29, 1.82) is 0 Å². The Bertz CT molecular complexity index is 2170. The second kappa shape index (κ2) is 10.3. The van der Waals surface area contributed by atoms with Crippen LogP contribution in [0.5, 0.6) is 0 Å². The zero-order valence-corrected chi connectivity index (χ0v) is 38.1. The molecular weight excluding hydrogens is 803 g/mol. The van der Waals surface area contributed by atoms with E-state index in [1.807, 2.05) is 0 Å². The third kappa shape index (κ3) is 5.19. The molecule has 0 N–H and O–H groups in total. The van der Waals surface area contributed by atoms with E-state index >= 15 is 0 Å². The molecule has 0 radical (unpaired) electrons. The van der Waals surface area contributed by atoms with Crippen LogP contribution in [0.2, 0.25) is 53.3 Å². The fourth-order valence-corrected chi connectivity index (χ4v) is 50.1. The molecule has 0 saturated carbocycles. The molecule has 2 aliphatic rings. The Kier molecular flexibility index (Phi) is 7.29. The molecular formula is C45H54HfSi3. The quantitative estimate of drug-likeness (QED) is 0.143. The van der Waals surface area contributed by atoms with E-state index in [0.717, 1.165) is 0 Å². The van der Waals surface area contributed by atoms with E-state index < -0.39 is 30.3 Å². The minimum absolute atomic E-state index is 0.293. The molecule has 4 heteroatoms. The van der Waals surface area contributed by atoms with Crippen LogP contribution in [0.1, 0.15) is 29.6 Å². The van der Waals surface area contributed by atoms with E-state index in [1.165, 1.54) is 54.9 Å². The van der Waals surface area contributed by atoms with E-state index in [2.05, 4.69) is 200 Å². The number of hydrogen-bond donors (Lipinski definition) is 0. The fourth-order valence-electron chi connectivity index (χ4n) is 9.69. The van der Waals surface area contributed by atoms with Crippen molar-refractivity contribution in [2.24, 2.45) is 0 Å². The number of allylic oxidation sites excluding steroid dienone is 2. The molecule has 0 spiro atoms. The second-order valence-corrected chi connectivity index (χ2v) is 108. The first-order valence-corrected chi connectivity index (χ1v) is 50.3. The molecule has 7 rings (SSSR count). The SMILES string of the molecule is C[Si](C)(C)c1ccc(-c2cccc3c2C=C[CH]3[Hf]([CH3])([CH3])([CH3])(=[SiH2])([c]2ccccc2)[CH]2C=Cc3c(-c4ccc([Si](C)(C)C)cc4)cccc32)cc1. The summed E-state index contributed by atoms with van der Waals surface area (Å²) in [7, 11) is -2.74. The van der Waals surface area contributed by atoms with E-state index in [9.17, 15) is 0 Å². The zero-order valence-electron chi connectivity index (χ0n) is 31.1. The summed E-state index contributed by atoms with van der Waals surface area (Å²) in [5.41, 5.74) is 11.1. The summed E-state index contributed by atoms with van der Waals surface area (Å²) in [5, 5.41) is 3.02. The number of benzene rings is 5. The van der Waals surface area contributed by atoms with Crippen LogP contribution in [0, 0.1) is 0 Å². The van der Waals surface area contributed by atoms with Gasteiger partial charge in [-0.3, -0.25) is 0 Å². The molecule has 0 saturated heterocycles. The Labute approximate surface area is 293 Å². The molecule has 0 aliphatic heterocycles. The molecule has 0 amide bonds. The van der Waals surface area contributed by atoms with Crippen molar-refractivity contribution >= 4 is 48.9 Å². The van der Waals surface area contributed by atoms with Crippen LogP contribution in [-0.2, 0) is 14.2 Å². The number of rotatable bonds is 7. The van der Waals surface area contributed by atoms with E-state index in [0.29, 0.717) is 7.35 Å². The van der Waals surface area contributed by atoms with E-state index in [4.69, 9.17) is 0 Å². The van der Waals surface area contributed by atoms with Crippen molar-refractivity contribution in [2.45, 2.75) is 60.7 Å². The summed E-state index contributed by atoms with van der Waals surface area (Å²) in [6, 6.07) is 44.8. The van der Waals surface area contributed by atoms with Gasteiger partial charge in [-0.25, -0.2) is 0 Å². The molecule has 5 aromatic rings. The average molecular weight is 858 g/mol. The van der Waals surface area contributed by atoms with Crippen LogP contribution in [0.4, 0.5) is 0 Å². The van der Waals surface area contributed by atoms with Crippen LogP contribution in [0.15, 0.2) is 127 Å². The van der Waals surface area contributed by atoms with Gasteiger partial charge in [0.05, 0.1) is 0 Å². The van der Waals surface area contributed by atoms with Gasteiger partial charge in [0.15, 0.2) is 0 Å². The molecule has 2 aliphatic carbocycles. The summed E-state index contributed by atoms with van der Waals surface area (Å²) >= 11 is -5.37. The van der Waals surface area contributed by atoms with Gasteiger partial charge in [0, 0.05) is 0 Å². The van der Waals surface area contributed by atoms with Crippen LogP contribution >= 0.6 is 0 Å². The van der Waals surface area contributed by atoms with Crippen molar-refractivity contribution in [2.75, 3.05) is 0 Å². The Morgan fingerprint density at radius 2 is 0.857 bits per heavy atom. The van der Waals surface area contributed by atoms with Gasteiger partial charge in [0.1, 0.15) is 0 Å². The average Bonchev–Trinajstić information content (AvgIpc) is 3.72. The molecule has 250 valence electrons. The monoisotopic (exact) mass is 858 g/mol. The van der Waals surface area contributed by atoms with Gasteiger partial charge >= 0.3 is 296 Å². The Morgan fingerprint density at radius 1 is 0.469 bits per heavy atom. The van der Waals surface area contributed by atoms with Crippen LogP contribution in [0.25, 0.3) is 34.4 Å². The van der Waals surface area contributed by atoms with Crippen molar-refractivity contribution in [3.05, 3.63) is 150 Å². The normalized spacial score (nSPS) is 19.4. The maximum atomic E-state index is 2.77. The number of hydrogen-bond acceptors (Lipinski definition) is 0. The predicted molar refractivity (Wildman–Crippen MR) is 225 cm³/mol. The summed E-state index contributed by atoms with van der Waals surface area (Å²) in [6.45, 7) is 17.0. The van der Waals surface area contributed by atoms with Gasteiger partial charge in [-0.1, -0.05) is 0 Å². The summed E-state index contributed by atoms with van der Waals surface area (Å²) in [5.74, 6) is 0. The first-order chi connectivity index (χ1) is 22.8. The third-order valence-electron chi connectivity index (χ3n) is 13.1. The predicted octanol–water partition coefficient (Wildman–Crippen LogP) is 10.7. The molecule has 0 nitrogen and oxygen atoms in total. The van der Waals surface area contributed by atoms with E-state index in [-0.39, 0.29) is 0 Å². The molecule has 2 atom stereocenters. The Balaban J connectivity index is 1.43. The fraction of sp³-hybridized carbons (Fsp3) is 0.244. The van der Waals surface area contributed by atoms with Gasteiger partial charge in [0.25, 0.3) is 0 Å². The summed E-state index contributed by atoms with van der Waals surface area (Å²) < 4.78 is 10.5. The Morgan fingerprint density at radius 3 is 1.22 bits per heavy atom. The van der Waals surface area contributed by atoms with Crippen LogP contribution in [-0.4, -0.2) is 23.1 Å². The minimum atomic E-state index is -5.37. The van der Waals surface area contributed by atoms with Crippen molar-refractivity contribution < 1.29 is 14.2 Å². The molecule has 49 heavy (non-hydrogen) atoms. The van der Waals surface area contributed by atoms with Gasteiger partial charge in [-0.15, -0.1) is 0 Å². The van der Waals surface area contributed by atoms with Gasteiger partial charge in [0.2, 0.25) is 0 Å². The topological polar surface area (TPSA) is 0 Å². The maximum absolute atomic E-state index is 5.37. The Hall–Kier alpha value is -2.90. The molecule has 0 bridgehead atoms. The van der Waals surface area contributed by atoms with Crippen LogP contribution in [0.3, 0.4) is 0 Å². The van der Waals surface area contributed by atoms with Gasteiger partial charge in [-0.05, 0) is 0 Å². The molecule has 5 aromatic carbocycles. The molecule has 2 unspecified atom stereocenters. The van der Waals surface area contributed by atoms with Crippen molar-refractivity contribution in [3.8, 4) is 22.3 Å². The standard InChI is InChI=1S/2C18H19Si.C6H5.3CH3.Hf.H2Si/c2*1-19(2,3)16-12-10-15(11-13-16)18-9-5-7-14-6-4-8-17(14)18;1-2-4-6-5-3-1;;;;;/h2*4-13H,1-3H3;1-5H;3*1H3;;1H2. The summed E-state index contributed by atoms with van der Waals surface area (Å²) in [6.07, 6.45) is 10.2. The summed E-state index contributed by atoms with van der Waals surface area (Å²) in [4.78, 5) is 0. The first kappa shape index (κ1) is 34.5. The van der Waals surface area contributed by atoms with Gasteiger partial charge < -0.3 is 0 Å². The van der Waals surface area contributed by atoms with Crippen molar-refractivity contribution in [1.82, 2.24) is 0 Å².